The van der Waals surface area contributed by atoms with Crippen LogP contribution in [0.4, 0.5) is 5.69 Å². The highest BCUT2D eigenvalue weighted by molar-refractivity contribution is 7.91. The summed E-state index contributed by atoms with van der Waals surface area (Å²) in [5.41, 5.74) is 1.46. The molecule has 0 aliphatic heterocycles. The lowest BCUT2D eigenvalue weighted by Gasteiger charge is -2.08. The minimum atomic E-state index is -3.68. The maximum Gasteiger partial charge on any atom is 0.328 e. The lowest BCUT2D eigenvalue weighted by molar-refractivity contribution is -0.115. The molecule has 0 fully saturated rings. The lowest BCUT2D eigenvalue weighted by Crippen LogP contribution is -2.19. The zero-order valence-electron chi connectivity index (χ0n) is 15.8. The van der Waals surface area contributed by atoms with E-state index < -0.39 is 15.7 Å². The predicted molar refractivity (Wildman–Crippen MR) is 106 cm³/mol. The fourth-order valence-corrected chi connectivity index (χ4v) is 4.21. The van der Waals surface area contributed by atoms with E-state index in [2.05, 4.69) is 5.32 Å². The number of imidazole rings is 1. The zero-order chi connectivity index (χ0) is 20.5. The fraction of sp³-hybridized carbons (Fsp3) is 0.263. The summed E-state index contributed by atoms with van der Waals surface area (Å²) in [6, 6.07) is 11.3. The van der Waals surface area contributed by atoms with Crippen LogP contribution < -0.4 is 15.7 Å². The van der Waals surface area contributed by atoms with Gasteiger partial charge in [-0.1, -0.05) is 6.07 Å². The Bertz CT molecular complexity index is 1210. The minimum Gasteiger partial charge on any atom is -0.497 e. The highest BCUT2D eigenvalue weighted by Gasteiger charge is 2.19. The van der Waals surface area contributed by atoms with Crippen LogP contribution in [0.5, 0.6) is 5.75 Å². The van der Waals surface area contributed by atoms with Crippen molar-refractivity contribution in [1.82, 2.24) is 9.13 Å². The van der Waals surface area contributed by atoms with E-state index in [9.17, 15) is 18.0 Å². The van der Waals surface area contributed by atoms with E-state index in [1.807, 2.05) is 0 Å². The summed E-state index contributed by atoms with van der Waals surface area (Å²) in [5, 5.41) is 2.66. The van der Waals surface area contributed by atoms with Crippen molar-refractivity contribution in [3.8, 4) is 5.75 Å². The number of carbonyl (C=O) groups excluding carboxylic acids is 1. The number of rotatable bonds is 6. The SMILES string of the molecule is COc1cccc(NC(=O)CCS(=O)(=O)c2ccc3c(c2)n(C)c(=O)n3C)c1. The topological polar surface area (TPSA) is 99.4 Å². The van der Waals surface area contributed by atoms with E-state index in [1.165, 1.54) is 28.4 Å². The number of nitrogens with one attached hydrogen (secondary N) is 1. The molecule has 0 atom stereocenters. The molecule has 28 heavy (non-hydrogen) atoms. The van der Waals surface area contributed by atoms with Crippen molar-refractivity contribution in [3.05, 3.63) is 52.9 Å². The average Bonchev–Trinajstić information content (AvgIpc) is 2.90. The lowest BCUT2D eigenvalue weighted by atomic mass is 10.3. The van der Waals surface area contributed by atoms with Crippen LogP contribution in [0.25, 0.3) is 11.0 Å². The van der Waals surface area contributed by atoms with Gasteiger partial charge in [-0.3, -0.25) is 13.9 Å². The Labute approximate surface area is 162 Å². The van der Waals surface area contributed by atoms with Crippen molar-refractivity contribution < 1.29 is 17.9 Å². The van der Waals surface area contributed by atoms with Gasteiger partial charge in [-0.25, -0.2) is 13.2 Å². The average molecular weight is 403 g/mol. The van der Waals surface area contributed by atoms with Crippen molar-refractivity contribution in [2.45, 2.75) is 11.3 Å². The Kier molecular flexibility index (Phi) is 5.28. The third-order valence-corrected chi connectivity index (χ3v) is 6.27. The van der Waals surface area contributed by atoms with Gasteiger partial charge in [0.2, 0.25) is 5.91 Å². The van der Waals surface area contributed by atoms with Gasteiger partial charge in [-0.2, -0.15) is 0 Å². The number of ether oxygens (including phenoxy) is 1. The fourth-order valence-electron chi connectivity index (χ4n) is 2.95. The maximum absolute atomic E-state index is 12.6. The second-order valence-corrected chi connectivity index (χ2v) is 8.51. The highest BCUT2D eigenvalue weighted by atomic mass is 32.2. The Balaban J connectivity index is 1.74. The standard InChI is InChI=1S/C19H21N3O5S/c1-21-16-8-7-15(12-17(16)22(2)19(21)24)28(25,26)10-9-18(23)20-13-5-4-6-14(11-13)27-3/h4-8,11-12H,9-10H2,1-3H3,(H,20,23). The number of hydrogen-bond acceptors (Lipinski definition) is 5. The summed E-state index contributed by atoms with van der Waals surface area (Å²) < 4.78 is 33.2. The number of anilines is 1. The molecule has 0 saturated heterocycles. The molecular formula is C19H21N3O5S. The molecule has 0 unspecified atom stereocenters. The van der Waals surface area contributed by atoms with Gasteiger partial charge in [0.25, 0.3) is 0 Å². The quantitative estimate of drug-likeness (QED) is 0.675. The second-order valence-electron chi connectivity index (χ2n) is 6.40. The first kappa shape index (κ1) is 19.7. The van der Waals surface area contributed by atoms with Gasteiger partial charge < -0.3 is 10.1 Å². The number of nitrogens with zero attached hydrogens (tertiary/aromatic N) is 2. The highest BCUT2D eigenvalue weighted by Crippen LogP contribution is 2.20. The molecule has 1 aromatic heterocycles. The third kappa shape index (κ3) is 3.79. The molecule has 148 valence electrons. The molecule has 3 rings (SSSR count). The van der Waals surface area contributed by atoms with Gasteiger partial charge in [0.1, 0.15) is 5.75 Å². The van der Waals surface area contributed by atoms with Crippen molar-refractivity contribution in [3.63, 3.8) is 0 Å². The Morgan fingerprint density at radius 3 is 2.50 bits per heavy atom. The van der Waals surface area contributed by atoms with E-state index >= 15 is 0 Å². The van der Waals surface area contributed by atoms with Crippen LogP contribution in [0.3, 0.4) is 0 Å². The molecule has 8 nitrogen and oxygen atoms in total. The molecule has 0 saturated carbocycles. The van der Waals surface area contributed by atoms with E-state index in [4.69, 9.17) is 4.74 Å². The van der Waals surface area contributed by atoms with Crippen molar-refractivity contribution in [2.75, 3.05) is 18.2 Å². The summed E-state index contributed by atoms with van der Waals surface area (Å²) in [4.78, 5) is 24.2. The second kappa shape index (κ2) is 7.51. The number of aromatic nitrogens is 2. The summed E-state index contributed by atoms with van der Waals surface area (Å²) in [7, 11) is 1.05. The summed E-state index contributed by atoms with van der Waals surface area (Å²) in [6.07, 6.45) is -0.189. The molecule has 1 heterocycles. The van der Waals surface area contributed by atoms with Crippen LogP contribution in [0.1, 0.15) is 6.42 Å². The molecule has 2 aromatic carbocycles. The van der Waals surface area contributed by atoms with E-state index in [0.29, 0.717) is 22.5 Å². The van der Waals surface area contributed by atoms with Crippen LogP contribution in [0, 0.1) is 0 Å². The number of amides is 1. The Morgan fingerprint density at radius 1 is 1.07 bits per heavy atom. The summed E-state index contributed by atoms with van der Waals surface area (Å²) >= 11 is 0. The third-order valence-electron chi connectivity index (χ3n) is 4.55. The molecular weight excluding hydrogens is 382 g/mol. The van der Waals surface area contributed by atoms with Crippen molar-refractivity contribution in [2.24, 2.45) is 14.1 Å². The van der Waals surface area contributed by atoms with Gasteiger partial charge in [-0.05, 0) is 30.3 Å². The zero-order valence-corrected chi connectivity index (χ0v) is 16.6. The van der Waals surface area contributed by atoms with Gasteiger partial charge in [0.05, 0.1) is 28.8 Å². The molecule has 0 spiro atoms. The maximum atomic E-state index is 12.6. The van der Waals surface area contributed by atoms with Crippen molar-refractivity contribution >= 4 is 32.5 Å². The van der Waals surface area contributed by atoms with Gasteiger partial charge >= 0.3 is 5.69 Å². The van der Waals surface area contributed by atoms with Crippen LogP contribution in [-0.4, -0.2) is 36.3 Å². The molecule has 0 bridgehead atoms. The number of sulfone groups is 1. The summed E-state index contributed by atoms with van der Waals surface area (Å²) in [6.45, 7) is 0. The number of methoxy groups -OCH3 is 1. The van der Waals surface area contributed by atoms with Gasteiger partial charge in [0, 0.05) is 32.3 Å². The van der Waals surface area contributed by atoms with Crippen molar-refractivity contribution in [1.29, 1.82) is 0 Å². The van der Waals surface area contributed by atoms with E-state index in [1.54, 1.807) is 44.4 Å². The van der Waals surface area contributed by atoms with E-state index in [-0.39, 0.29) is 22.8 Å². The molecule has 0 radical (unpaired) electrons. The van der Waals surface area contributed by atoms with Gasteiger partial charge in [-0.15, -0.1) is 0 Å². The number of fused-ring (bicyclic) bond motifs is 1. The molecule has 1 amide bonds. The van der Waals surface area contributed by atoms with Crippen LogP contribution in [0.15, 0.2) is 52.2 Å². The Hall–Kier alpha value is -3.07. The number of carbonyl (C=O) groups is 1. The van der Waals surface area contributed by atoms with E-state index in [0.717, 1.165) is 0 Å². The molecule has 0 aliphatic rings. The van der Waals surface area contributed by atoms with Crippen LogP contribution in [-0.2, 0) is 28.7 Å². The first-order valence-corrected chi connectivity index (χ1v) is 10.2. The number of aryl methyl sites for hydroxylation is 2. The molecule has 3 aromatic rings. The minimum absolute atomic E-state index is 0.0791. The summed E-state index contributed by atoms with van der Waals surface area (Å²) in [5.74, 6) is -0.160. The number of hydrogen-bond donors (Lipinski definition) is 1. The smallest absolute Gasteiger partial charge is 0.328 e. The molecule has 9 heteroatoms. The number of benzene rings is 2. The first-order chi connectivity index (χ1) is 13.2. The predicted octanol–water partition coefficient (Wildman–Crippen LogP) is 1.69. The molecule has 1 N–H and O–H groups in total. The van der Waals surface area contributed by atoms with Crippen LogP contribution in [0.2, 0.25) is 0 Å². The first-order valence-electron chi connectivity index (χ1n) is 8.55. The largest absolute Gasteiger partial charge is 0.497 e. The Morgan fingerprint density at radius 2 is 1.79 bits per heavy atom. The van der Waals surface area contributed by atoms with Gasteiger partial charge in [0.15, 0.2) is 9.84 Å². The normalized spacial score (nSPS) is 11.5. The molecule has 0 aliphatic carbocycles. The van der Waals surface area contributed by atoms with Crippen LogP contribution >= 0.6 is 0 Å². The monoisotopic (exact) mass is 403 g/mol.